The van der Waals surface area contributed by atoms with Crippen molar-refractivity contribution >= 4 is 23.6 Å². The minimum Gasteiger partial charge on any atom is -0.339 e. The molecular weight excluding hydrogens is 384 g/mol. The average molecular weight is 406 g/mol. The molecule has 4 rings (SSSR count). The molecule has 2 aromatic rings. The van der Waals surface area contributed by atoms with E-state index in [4.69, 9.17) is 0 Å². The highest BCUT2D eigenvalue weighted by atomic mass is 16.2. The van der Waals surface area contributed by atoms with Crippen LogP contribution in [0, 0.1) is 0 Å². The van der Waals surface area contributed by atoms with E-state index in [9.17, 15) is 19.2 Å². The lowest BCUT2D eigenvalue weighted by molar-refractivity contribution is -0.132. The van der Waals surface area contributed by atoms with Gasteiger partial charge in [-0.15, -0.1) is 0 Å². The van der Waals surface area contributed by atoms with Gasteiger partial charge in [-0.3, -0.25) is 29.1 Å². The zero-order chi connectivity index (χ0) is 21.1. The van der Waals surface area contributed by atoms with Crippen molar-refractivity contribution in [1.29, 1.82) is 0 Å². The smallest absolute Gasteiger partial charge is 0.261 e. The molecule has 0 saturated carbocycles. The Kier molecular flexibility index (Phi) is 5.56. The summed E-state index contributed by atoms with van der Waals surface area (Å²) in [6.07, 6.45) is 3.83. The van der Waals surface area contributed by atoms with Gasteiger partial charge in [-0.25, -0.2) is 0 Å². The Morgan fingerprint density at radius 1 is 0.867 bits per heavy atom. The number of aromatic nitrogens is 1. The number of piperazine rings is 1. The molecule has 0 spiro atoms. The Morgan fingerprint density at radius 2 is 1.50 bits per heavy atom. The van der Waals surface area contributed by atoms with E-state index in [-0.39, 0.29) is 36.6 Å². The molecular formula is C22H22N4O4. The second-order valence-electron chi connectivity index (χ2n) is 7.33. The molecule has 1 aromatic heterocycles. The number of pyridine rings is 1. The molecule has 8 nitrogen and oxygen atoms in total. The molecule has 0 atom stereocenters. The van der Waals surface area contributed by atoms with Gasteiger partial charge < -0.3 is 9.80 Å². The Hall–Kier alpha value is -3.55. The molecule has 0 radical (unpaired) electrons. The number of imide groups is 1. The summed E-state index contributed by atoms with van der Waals surface area (Å²) in [5.74, 6) is -0.711. The first-order valence-electron chi connectivity index (χ1n) is 9.98. The first kappa shape index (κ1) is 19.8. The van der Waals surface area contributed by atoms with Crippen LogP contribution in [0.3, 0.4) is 0 Å². The monoisotopic (exact) mass is 406 g/mol. The van der Waals surface area contributed by atoms with E-state index in [1.165, 1.54) is 4.90 Å². The maximum atomic E-state index is 12.5. The van der Waals surface area contributed by atoms with Crippen LogP contribution in [-0.4, -0.2) is 76.0 Å². The van der Waals surface area contributed by atoms with Crippen LogP contribution in [-0.2, 0) is 4.79 Å². The number of hydrogen-bond acceptors (Lipinski definition) is 5. The number of fused-ring (bicyclic) bond motifs is 1. The second kappa shape index (κ2) is 8.44. The van der Waals surface area contributed by atoms with E-state index in [1.807, 2.05) is 0 Å². The predicted octanol–water partition coefficient (Wildman–Crippen LogP) is 1.44. The van der Waals surface area contributed by atoms with Gasteiger partial charge in [0.1, 0.15) is 0 Å². The van der Waals surface area contributed by atoms with Crippen LogP contribution in [0.2, 0.25) is 0 Å². The maximum absolute atomic E-state index is 12.5. The molecule has 2 aliphatic heterocycles. The lowest BCUT2D eigenvalue weighted by Crippen LogP contribution is -2.50. The Bertz CT molecular complexity index is 949. The van der Waals surface area contributed by atoms with Gasteiger partial charge in [0.15, 0.2) is 0 Å². The van der Waals surface area contributed by atoms with Crippen LogP contribution in [0.4, 0.5) is 0 Å². The van der Waals surface area contributed by atoms with Gasteiger partial charge in [0.2, 0.25) is 5.91 Å². The highest BCUT2D eigenvalue weighted by molar-refractivity contribution is 6.21. The number of carbonyl (C=O) groups is 4. The number of rotatable bonds is 5. The minimum atomic E-state index is -0.300. The van der Waals surface area contributed by atoms with Crippen molar-refractivity contribution in [1.82, 2.24) is 19.7 Å². The van der Waals surface area contributed by atoms with Crippen LogP contribution < -0.4 is 0 Å². The summed E-state index contributed by atoms with van der Waals surface area (Å²) in [6.45, 7) is 2.10. The molecule has 1 aromatic carbocycles. The number of carbonyl (C=O) groups excluding carboxylic acids is 4. The minimum absolute atomic E-state index is 0.0277. The fraction of sp³-hybridized carbons (Fsp3) is 0.318. The van der Waals surface area contributed by atoms with Crippen molar-refractivity contribution in [2.75, 3.05) is 32.7 Å². The zero-order valence-electron chi connectivity index (χ0n) is 16.5. The third-order valence-corrected chi connectivity index (χ3v) is 5.48. The SMILES string of the molecule is O=C(CCCN1C(=O)c2ccccc2C1=O)N1CCN(C(=O)c2cccnc2)CC1. The number of hydrogen-bond donors (Lipinski definition) is 0. The molecule has 2 aliphatic rings. The van der Waals surface area contributed by atoms with E-state index in [0.29, 0.717) is 49.3 Å². The topological polar surface area (TPSA) is 90.9 Å². The van der Waals surface area contributed by atoms with Crippen molar-refractivity contribution < 1.29 is 19.2 Å². The van der Waals surface area contributed by atoms with Crippen LogP contribution in [0.1, 0.15) is 43.9 Å². The summed E-state index contributed by atoms with van der Waals surface area (Å²) in [5.41, 5.74) is 1.38. The van der Waals surface area contributed by atoms with Gasteiger partial charge in [0.25, 0.3) is 17.7 Å². The van der Waals surface area contributed by atoms with Gasteiger partial charge in [0.05, 0.1) is 16.7 Å². The molecule has 30 heavy (non-hydrogen) atoms. The Balaban J connectivity index is 1.24. The molecule has 3 heterocycles. The Labute approximate surface area is 174 Å². The summed E-state index contributed by atoms with van der Waals surface area (Å²) in [5, 5.41) is 0. The fourth-order valence-electron chi connectivity index (χ4n) is 3.82. The number of nitrogens with zero attached hydrogens (tertiary/aromatic N) is 4. The summed E-state index contributed by atoms with van der Waals surface area (Å²) >= 11 is 0. The first-order chi connectivity index (χ1) is 14.6. The van der Waals surface area contributed by atoms with E-state index in [0.717, 1.165) is 0 Å². The normalized spacial score (nSPS) is 16.1. The van der Waals surface area contributed by atoms with E-state index in [1.54, 1.807) is 58.6 Å². The van der Waals surface area contributed by atoms with Crippen molar-refractivity contribution in [2.24, 2.45) is 0 Å². The van der Waals surface area contributed by atoms with E-state index < -0.39 is 0 Å². The molecule has 1 saturated heterocycles. The molecule has 1 fully saturated rings. The quantitative estimate of drug-likeness (QED) is 0.701. The van der Waals surface area contributed by atoms with Crippen LogP contribution in [0.15, 0.2) is 48.8 Å². The largest absolute Gasteiger partial charge is 0.339 e. The predicted molar refractivity (Wildman–Crippen MR) is 108 cm³/mol. The summed E-state index contributed by atoms with van der Waals surface area (Å²) in [7, 11) is 0. The third kappa shape index (κ3) is 3.80. The van der Waals surface area contributed by atoms with E-state index in [2.05, 4.69) is 4.98 Å². The zero-order valence-corrected chi connectivity index (χ0v) is 16.5. The summed E-state index contributed by atoms with van der Waals surface area (Å²) in [6, 6.07) is 10.2. The van der Waals surface area contributed by atoms with Crippen molar-refractivity contribution in [3.8, 4) is 0 Å². The first-order valence-corrected chi connectivity index (χ1v) is 9.98. The fourth-order valence-corrected chi connectivity index (χ4v) is 3.82. The Morgan fingerprint density at radius 3 is 2.10 bits per heavy atom. The number of benzene rings is 1. The third-order valence-electron chi connectivity index (χ3n) is 5.48. The number of amides is 4. The second-order valence-corrected chi connectivity index (χ2v) is 7.33. The molecule has 0 unspecified atom stereocenters. The lowest BCUT2D eigenvalue weighted by atomic mass is 10.1. The van der Waals surface area contributed by atoms with Gasteiger partial charge in [-0.1, -0.05) is 12.1 Å². The molecule has 8 heteroatoms. The summed E-state index contributed by atoms with van der Waals surface area (Å²) in [4.78, 5) is 58.4. The van der Waals surface area contributed by atoms with Crippen molar-refractivity contribution in [2.45, 2.75) is 12.8 Å². The lowest BCUT2D eigenvalue weighted by Gasteiger charge is -2.35. The molecule has 154 valence electrons. The molecule has 0 aliphatic carbocycles. The van der Waals surface area contributed by atoms with Crippen LogP contribution in [0.5, 0.6) is 0 Å². The summed E-state index contributed by atoms with van der Waals surface area (Å²) < 4.78 is 0. The highest BCUT2D eigenvalue weighted by Crippen LogP contribution is 2.22. The van der Waals surface area contributed by atoms with Crippen LogP contribution >= 0.6 is 0 Å². The van der Waals surface area contributed by atoms with Crippen LogP contribution in [0.25, 0.3) is 0 Å². The molecule has 0 bridgehead atoms. The van der Waals surface area contributed by atoms with Gasteiger partial charge in [-0.2, -0.15) is 0 Å². The standard InChI is InChI=1S/C22H22N4O4/c27-19(8-4-10-26-21(29)17-6-1-2-7-18(17)22(26)30)24-11-13-25(14-12-24)20(28)16-5-3-9-23-15-16/h1-3,5-7,9,15H,4,8,10-14H2. The highest BCUT2D eigenvalue weighted by Gasteiger charge is 2.34. The maximum Gasteiger partial charge on any atom is 0.261 e. The molecule has 0 N–H and O–H groups in total. The van der Waals surface area contributed by atoms with E-state index >= 15 is 0 Å². The van der Waals surface area contributed by atoms with Crippen molar-refractivity contribution in [3.63, 3.8) is 0 Å². The van der Waals surface area contributed by atoms with Gasteiger partial charge in [0, 0.05) is 51.5 Å². The van der Waals surface area contributed by atoms with Gasteiger partial charge in [-0.05, 0) is 30.7 Å². The average Bonchev–Trinajstić information content (AvgIpc) is 3.04. The van der Waals surface area contributed by atoms with Crippen molar-refractivity contribution in [3.05, 3.63) is 65.5 Å². The van der Waals surface area contributed by atoms with Gasteiger partial charge >= 0.3 is 0 Å². The molecule has 4 amide bonds.